The van der Waals surface area contributed by atoms with Crippen LogP contribution in [0.3, 0.4) is 0 Å². The normalized spacial score (nSPS) is 25.7. The molecule has 4 aromatic rings. The fourth-order valence-electron chi connectivity index (χ4n) is 8.17. The number of hydrogen-bond acceptors (Lipinski definition) is 10. The Morgan fingerprint density at radius 1 is 1.00 bits per heavy atom. The Morgan fingerprint density at radius 2 is 1.77 bits per heavy atom. The van der Waals surface area contributed by atoms with Gasteiger partial charge in [0, 0.05) is 38.4 Å². The summed E-state index contributed by atoms with van der Waals surface area (Å²) in [5.74, 6) is 0.580. The lowest BCUT2D eigenvalue weighted by atomic mass is 9.86. The lowest BCUT2D eigenvalue weighted by Gasteiger charge is -2.30. The highest BCUT2D eigenvalue weighted by molar-refractivity contribution is 5.84. The van der Waals surface area contributed by atoms with Gasteiger partial charge in [-0.2, -0.15) is 9.97 Å². The molecule has 1 unspecified atom stereocenters. The fraction of sp³-hybridized carbons (Fsp3) is 0.486. The largest absolute Gasteiger partial charge is 0.474 e. The second kappa shape index (κ2) is 14.4. The van der Waals surface area contributed by atoms with Gasteiger partial charge in [-0.3, -0.25) is 4.57 Å². The molecule has 15 heteroatoms. The number of alkyl halides is 2. The van der Waals surface area contributed by atoms with Crippen molar-refractivity contribution in [2.24, 2.45) is 0 Å². The molecule has 5 heterocycles. The number of morpholine rings is 1. The molecule has 2 aromatic carbocycles. The Bertz CT molecular complexity index is 1920. The quantitative estimate of drug-likeness (QED) is 0.132. The number of halogens is 2. The van der Waals surface area contributed by atoms with E-state index in [0.717, 1.165) is 24.9 Å². The molecule has 52 heavy (non-hydrogen) atoms. The molecule has 0 radical (unpaired) electrons. The molecular weight excluding hydrogens is 676 g/mol. The maximum Gasteiger partial charge on any atom is 0.408 e. The zero-order chi connectivity index (χ0) is 35.7. The van der Waals surface area contributed by atoms with E-state index in [-0.39, 0.29) is 36.6 Å². The molecule has 4 aliphatic rings. The van der Waals surface area contributed by atoms with E-state index >= 15 is 0 Å². The number of hydrogen-bond donors (Lipinski definition) is 1. The van der Waals surface area contributed by atoms with Crippen molar-refractivity contribution in [2.45, 2.75) is 62.8 Å². The predicted octanol–water partition coefficient (Wildman–Crippen LogP) is 4.72. The number of rotatable bonds is 11. The highest BCUT2D eigenvalue weighted by Crippen LogP contribution is 2.55. The number of imidazole rings is 1. The molecule has 4 fully saturated rings. The minimum absolute atomic E-state index is 0.0367. The van der Waals surface area contributed by atoms with Gasteiger partial charge in [0.15, 0.2) is 17.4 Å². The number of para-hydroxylation sites is 2. The number of quaternary nitrogens is 1. The number of ether oxygens (including phenoxy) is 4. The third-order valence-corrected chi connectivity index (χ3v) is 10.9. The summed E-state index contributed by atoms with van der Waals surface area (Å²) in [7, 11) is 0. The van der Waals surface area contributed by atoms with Gasteiger partial charge in [0.05, 0.1) is 44.0 Å². The zero-order valence-electron chi connectivity index (χ0n) is 28.8. The summed E-state index contributed by atoms with van der Waals surface area (Å²) in [4.78, 5) is 41.8. The molecule has 2 aromatic heterocycles. The first-order valence-corrected chi connectivity index (χ1v) is 18.0. The smallest absolute Gasteiger partial charge is 0.408 e. The highest BCUT2D eigenvalue weighted by atomic mass is 19.3. The minimum Gasteiger partial charge on any atom is -0.474 e. The monoisotopic (exact) mass is 718 g/mol. The first-order chi connectivity index (χ1) is 25.3. The van der Waals surface area contributed by atoms with Gasteiger partial charge in [-0.25, -0.2) is 27.8 Å². The predicted molar refractivity (Wildman–Crippen MR) is 184 cm³/mol. The summed E-state index contributed by atoms with van der Waals surface area (Å²) in [6, 6.07) is 17.8. The Morgan fingerprint density at radius 3 is 2.56 bits per heavy atom. The van der Waals surface area contributed by atoms with Crippen LogP contribution in [0.15, 0.2) is 60.7 Å². The molecule has 1 aliphatic carbocycles. The Kier molecular flexibility index (Phi) is 9.49. The number of aromatic nitrogens is 4. The standard InChI is InChI=1S/C37H41F2N7O6/c38-32(39)33-40-27-8-4-5-9-29(27)45(33)30-22-31(43-35(42-30)44-15-18-49-19-16-44)52-26-10-13-37(14-11-26)24-46(37)17-12-28(34(46)47)41-36(48)51-21-20-50-23-25-6-2-1-3-7-25/h1-9,22,26,28,32H,10-21,23-24H2/p+1/t26?,28-,37?,46?/m0/s1. The SMILES string of the molecule is O=C(N[C@H]1CC[N+]2(CC23CCC(Oc2cc(-n4c(C(F)F)nc5ccccc54)nc(N4CCOCC4)n2)CC3)C1=O)OCCOCc1ccccc1. The van der Waals surface area contributed by atoms with E-state index < -0.39 is 24.4 Å². The second-order valence-corrected chi connectivity index (χ2v) is 13.9. The summed E-state index contributed by atoms with van der Waals surface area (Å²) >= 11 is 0. The van der Waals surface area contributed by atoms with Crippen molar-refractivity contribution in [1.29, 1.82) is 0 Å². The lowest BCUT2D eigenvalue weighted by molar-refractivity contribution is -0.744. The number of nitrogens with zero attached hydrogens (tertiary/aromatic N) is 6. The Hall–Kier alpha value is -4.73. The molecule has 13 nitrogen and oxygen atoms in total. The van der Waals surface area contributed by atoms with Crippen molar-refractivity contribution in [3.8, 4) is 11.7 Å². The van der Waals surface area contributed by atoms with Crippen molar-refractivity contribution >= 4 is 29.0 Å². The molecule has 274 valence electrons. The maximum atomic E-state index is 14.3. The topological polar surface area (TPSA) is 130 Å². The Balaban J connectivity index is 0.895. The molecule has 2 spiro atoms. The number of anilines is 1. The van der Waals surface area contributed by atoms with Crippen molar-refractivity contribution in [1.82, 2.24) is 24.8 Å². The maximum absolute atomic E-state index is 14.3. The van der Waals surface area contributed by atoms with Crippen LogP contribution in [-0.2, 0) is 25.6 Å². The van der Waals surface area contributed by atoms with E-state index in [4.69, 9.17) is 28.9 Å². The van der Waals surface area contributed by atoms with Crippen LogP contribution < -0.4 is 15.0 Å². The molecule has 8 rings (SSSR count). The minimum atomic E-state index is -2.82. The number of benzene rings is 2. The summed E-state index contributed by atoms with van der Waals surface area (Å²) in [6.07, 6.45) is -0.0493. The van der Waals surface area contributed by atoms with Gasteiger partial charge in [-0.05, 0) is 30.5 Å². The summed E-state index contributed by atoms with van der Waals surface area (Å²) in [6.45, 7) is 4.35. The third-order valence-electron chi connectivity index (χ3n) is 10.9. The van der Waals surface area contributed by atoms with E-state index in [1.165, 1.54) is 4.57 Å². The van der Waals surface area contributed by atoms with Crippen molar-refractivity contribution in [3.05, 3.63) is 72.1 Å². The van der Waals surface area contributed by atoms with Crippen molar-refractivity contribution in [3.63, 3.8) is 0 Å². The van der Waals surface area contributed by atoms with Gasteiger partial charge in [0.25, 0.3) is 6.43 Å². The van der Waals surface area contributed by atoms with Gasteiger partial charge in [0.1, 0.15) is 25.1 Å². The molecule has 3 aliphatic heterocycles. The molecule has 1 N–H and O–H groups in total. The van der Waals surface area contributed by atoms with Crippen LogP contribution in [-0.4, -0.2) is 106 Å². The Labute approximate surface area is 299 Å². The lowest BCUT2D eigenvalue weighted by Crippen LogP contribution is -2.47. The number of fused-ring (bicyclic) bond motifs is 2. The van der Waals surface area contributed by atoms with Gasteiger partial charge < -0.3 is 29.2 Å². The van der Waals surface area contributed by atoms with E-state index in [9.17, 15) is 18.4 Å². The summed E-state index contributed by atoms with van der Waals surface area (Å²) in [5.41, 5.74) is 1.83. The highest BCUT2D eigenvalue weighted by Gasteiger charge is 2.76. The second-order valence-electron chi connectivity index (χ2n) is 13.9. The van der Waals surface area contributed by atoms with Crippen LogP contribution in [0, 0.1) is 0 Å². The van der Waals surface area contributed by atoms with Crippen molar-refractivity contribution in [2.75, 3.05) is 57.5 Å². The molecular formula is C37H42F2N7O6+. The number of alkyl carbamates (subject to hydrolysis) is 1. The fourth-order valence-corrected chi connectivity index (χ4v) is 8.17. The number of nitrogens with one attached hydrogen (secondary N) is 1. The van der Waals surface area contributed by atoms with Crippen molar-refractivity contribution < 1.29 is 41.8 Å². The number of amides is 2. The molecule has 0 bridgehead atoms. The van der Waals surface area contributed by atoms with E-state index in [1.54, 1.807) is 30.3 Å². The van der Waals surface area contributed by atoms with Gasteiger partial charge in [-0.1, -0.05) is 42.5 Å². The van der Waals surface area contributed by atoms with Crippen LogP contribution in [0.25, 0.3) is 16.9 Å². The summed E-state index contributed by atoms with van der Waals surface area (Å²) < 4.78 is 53.2. The first-order valence-electron chi connectivity index (χ1n) is 18.0. The number of carbonyl (C=O) groups excluding carboxylic acids is 2. The van der Waals surface area contributed by atoms with Crippen LogP contribution in [0.1, 0.15) is 49.9 Å². The molecule has 2 atom stereocenters. The average Bonchev–Trinajstić information content (AvgIpc) is 3.43. The zero-order valence-corrected chi connectivity index (χ0v) is 28.8. The van der Waals surface area contributed by atoms with Crippen LogP contribution in [0.4, 0.5) is 19.5 Å². The number of carbonyl (C=O) groups is 2. The summed E-state index contributed by atoms with van der Waals surface area (Å²) in [5, 5.41) is 2.78. The van der Waals surface area contributed by atoms with Gasteiger partial charge in [-0.15, -0.1) is 0 Å². The van der Waals surface area contributed by atoms with E-state index in [1.807, 2.05) is 35.2 Å². The van der Waals surface area contributed by atoms with Crippen LogP contribution in [0.2, 0.25) is 0 Å². The third kappa shape index (κ3) is 6.68. The average molecular weight is 719 g/mol. The molecule has 1 saturated carbocycles. The molecule has 2 amide bonds. The van der Waals surface area contributed by atoms with Gasteiger partial charge in [0.2, 0.25) is 11.8 Å². The molecule has 3 saturated heterocycles. The first kappa shape index (κ1) is 34.4. The van der Waals surface area contributed by atoms with Crippen LogP contribution in [0.5, 0.6) is 5.88 Å². The van der Waals surface area contributed by atoms with Crippen LogP contribution >= 0.6 is 0 Å². The van der Waals surface area contributed by atoms with E-state index in [2.05, 4.69) is 10.3 Å². The van der Waals surface area contributed by atoms with E-state index in [0.29, 0.717) is 86.1 Å². The van der Waals surface area contributed by atoms with Gasteiger partial charge >= 0.3 is 12.0 Å².